The summed E-state index contributed by atoms with van der Waals surface area (Å²) in [5.41, 5.74) is 1.18. The highest BCUT2D eigenvalue weighted by Crippen LogP contribution is 2.19. The van der Waals surface area contributed by atoms with Gasteiger partial charge in [0.15, 0.2) is 0 Å². The fourth-order valence-electron chi connectivity index (χ4n) is 2.20. The van der Waals surface area contributed by atoms with Crippen LogP contribution < -0.4 is 4.90 Å². The summed E-state index contributed by atoms with van der Waals surface area (Å²) in [7, 11) is 0. The molecule has 0 bridgehead atoms. The maximum absolute atomic E-state index is 9.40. The minimum Gasteiger partial charge on any atom is -0.394 e. The van der Waals surface area contributed by atoms with Crippen molar-refractivity contribution in [1.82, 2.24) is 4.90 Å². The molecule has 0 aromatic heterocycles. The van der Waals surface area contributed by atoms with Gasteiger partial charge in [-0.15, -0.1) is 0 Å². The van der Waals surface area contributed by atoms with E-state index in [0.29, 0.717) is 6.54 Å². The van der Waals surface area contributed by atoms with Crippen LogP contribution in [-0.4, -0.2) is 60.5 Å². The first kappa shape index (κ1) is 13.6. The second-order valence-electron chi connectivity index (χ2n) is 4.60. The quantitative estimate of drug-likeness (QED) is 0.850. The molecule has 2 rings (SSSR count). The van der Waals surface area contributed by atoms with Gasteiger partial charge in [-0.3, -0.25) is 4.90 Å². The highest BCUT2D eigenvalue weighted by atomic mass is 35.5. The molecule has 1 atom stereocenters. The Bertz CT molecular complexity index is 364. The first-order valence-corrected chi connectivity index (χ1v) is 6.58. The smallest absolute Gasteiger partial charge is 0.0897 e. The van der Waals surface area contributed by atoms with E-state index in [1.165, 1.54) is 5.69 Å². The lowest BCUT2D eigenvalue weighted by Crippen LogP contribution is -2.49. The van der Waals surface area contributed by atoms with Crippen molar-refractivity contribution in [1.29, 1.82) is 0 Å². The van der Waals surface area contributed by atoms with E-state index in [0.717, 1.165) is 31.2 Å². The summed E-state index contributed by atoms with van der Waals surface area (Å²) in [6.45, 7) is 4.04. The lowest BCUT2D eigenvalue weighted by atomic mass is 10.2. The molecule has 0 saturated carbocycles. The lowest BCUT2D eigenvalue weighted by molar-refractivity contribution is 0.0575. The Morgan fingerprint density at radius 1 is 1.11 bits per heavy atom. The molecule has 4 nitrogen and oxygen atoms in total. The second-order valence-corrected chi connectivity index (χ2v) is 5.04. The lowest BCUT2D eigenvalue weighted by Gasteiger charge is -2.36. The molecule has 1 fully saturated rings. The summed E-state index contributed by atoms with van der Waals surface area (Å²) in [4.78, 5) is 4.48. The third-order valence-electron chi connectivity index (χ3n) is 3.24. The summed E-state index contributed by atoms with van der Waals surface area (Å²) in [6.07, 6.45) is -0.632. The molecule has 100 valence electrons. The zero-order valence-corrected chi connectivity index (χ0v) is 11.1. The number of hydrogen-bond donors (Lipinski definition) is 2. The van der Waals surface area contributed by atoms with Gasteiger partial charge >= 0.3 is 0 Å². The third-order valence-corrected chi connectivity index (χ3v) is 3.50. The third kappa shape index (κ3) is 3.59. The molecule has 18 heavy (non-hydrogen) atoms. The van der Waals surface area contributed by atoms with Crippen LogP contribution in [0.1, 0.15) is 0 Å². The van der Waals surface area contributed by atoms with E-state index in [1.807, 2.05) is 24.3 Å². The van der Waals surface area contributed by atoms with Crippen molar-refractivity contribution in [3.63, 3.8) is 0 Å². The van der Waals surface area contributed by atoms with E-state index in [-0.39, 0.29) is 6.61 Å². The average Bonchev–Trinajstić information content (AvgIpc) is 2.40. The van der Waals surface area contributed by atoms with Gasteiger partial charge in [-0.25, -0.2) is 0 Å². The van der Waals surface area contributed by atoms with E-state index in [9.17, 15) is 5.11 Å². The van der Waals surface area contributed by atoms with Crippen LogP contribution >= 0.6 is 11.6 Å². The number of piperazine rings is 1. The van der Waals surface area contributed by atoms with Crippen LogP contribution in [0.2, 0.25) is 5.02 Å². The van der Waals surface area contributed by atoms with Crippen molar-refractivity contribution in [2.24, 2.45) is 0 Å². The number of rotatable bonds is 4. The highest BCUT2D eigenvalue weighted by molar-refractivity contribution is 6.30. The topological polar surface area (TPSA) is 46.9 Å². The van der Waals surface area contributed by atoms with E-state index in [2.05, 4.69) is 9.80 Å². The van der Waals surface area contributed by atoms with E-state index in [4.69, 9.17) is 16.7 Å². The number of β-amino-alcohol motifs (C(OH)–C–C–N with tert-alkyl or cyclic N) is 1. The Hall–Kier alpha value is -0.810. The molecule has 1 aliphatic heterocycles. The monoisotopic (exact) mass is 270 g/mol. The fourth-order valence-corrected chi connectivity index (χ4v) is 2.32. The number of aliphatic hydroxyl groups is 2. The van der Waals surface area contributed by atoms with Crippen molar-refractivity contribution in [3.05, 3.63) is 29.3 Å². The van der Waals surface area contributed by atoms with Crippen LogP contribution in [0.25, 0.3) is 0 Å². The zero-order chi connectivity index (χ0) is 13.0. The number of halogens is 1. The fraction of sp³-hybridized carbons (Fsp3) is 0.538. The van der Waals surface area contributed by atoms with Gasteiger partial charge in [0, 0.05) is 43.4 Å². The molecule has 1 aliphatic rings. The van der Waals surface area contributed by atoms with Gasteiger partial charge in [-0.1, -0.05) is 11.6 Å². The first-order chi connectivity index (χ1) is 8.69. The Kier molecular flexibility index (Phi) is 4.83. The molecule has 0 amide bonds. The minimum absolute atomic E-state index is 0.169. The number of anilines is 1. The molecular formula is C13H19ClN2O2. The van der Waals surface area contributed by atoms with Crippen molar-refractivity contribution < 1.29 is 10.2 Å². The van der Waals surface area contributed by atoms with Crippen molar-refractivity contribution >= 4 is 17.3 Å². The van der Waals surface area contributed by atoms with Crippen LogP contribution in [0, 0.1) is 0 Å². The van der Waals surface area contributed by atoms with Gasteiger partial charge in [0.1, 0.15) is 0 Å². The molecule has 1 unspecified atom stereocenters. The summed E-state index contributed by atoms with van der Waals surface area (Å²) in [5, 5.41) is 19.0. The highest BCUT2D eigenvalue weighted by Gasteiger charge is 2.18. The van der Waals surface area contributed by atoms with E-state index >= 15 is 0 Å². The van der Waals surface area contributed by atoms with Crippen molar-refractivity contribution in [2.75, 3.05) is 44.2 Å². The maximum atomic E-state index is 9.40. The first-order valence-electron chi connectivity index (χ1n) is 6.21. The predicted molar refractivity (Wildman–Crippen MR) is 73.2 cm³/mol. The molecular weight excluding hydrogens is 252 g/mol. The van der Waals surface area contributed by atoms with Gasteiger partial charge in [-0.2, -0.15) is 0 Å². The molecule has 1 aromatic rings. The molecule has 0 spiro atoms. The van der Waals surface area contributed by atoms with Crippen LogP contribution in [0.15, 0.2) is 24.3 Å². The number of benzene rings is 1. The average molecular weight is 271 g/mol. The van der Waals surface area contributed by atoms with Gasteiger partial charge in [-0.05, 0) is 24.3 Å². The normalized spacial score (nSPS) is 18.9. The SMILES string of the molecule is OCC(O)CN1CCN(c2ccc(Cl)cc2)CC1. The summed E-state index contributed by atoms with van der Waals surface area (Å²) in [5.74, 6) is 0. The number of nitrogens with zero attached hydrogens (tertiary/aromatic N) is 2. The van der Waals surface area contributed by atoms with Gasteiger partial charge < -0.3 is 15.1 Å². The van der Waals surface area contributed by atoms with Crippen molar-refractivity contribution in [2.45, 2.75) is 6.10 Å². The summed E-state index contributed by atoms with van der Waals surface area (Å²) in [6, 6.07) is 7.86. The molecule has 0 radical (unpaired) electrons. The molecule has 2 N–H and O–H groups in total. The number of hydrogen-bond acceptors (Lipinski definition) is 4. The standard InChI is InChI=1S/C13H19ClN2O2/c14-11-1-3-12(4-2-11)16-7-5-15(6-8-16)9-13(18)10-17/h1-4,13,17-18H,5-10H2. The van der Waals surface area contributed by atoms with Gasteiger partial charge in [0.05, 0.1) is 12.7 Å². The Morgan fingerprint density at radius 2 is 1.72 bits per heavy atom. The zero-order valence-electron chi connectivity index (χ0n) is 10.3. The molecule has 0 aliphatic carbocycles. The summed E-state index contributed by atoms with van der Waals surface area (Å²) < 4.78 is 0. The predicted octanol–water partition coefficient (Wildman–Crippen LogP) is 0.815. The largest absolute Gasteiger partial charge is 0.394 e. The van der Waals surface area contributed by atoms with E-state index < -0.39 is 6.10 Å². The molecule has 5 heteroatoms. The van der Waals surface area contributed by atoms with Crippen LogP contribution in [0.4, 0.5) is 5.69 Å². The van der Waals surface area contributed by atoms with Crippen LogP contribution in [0.3, 0.4) is 0 Å². The number of aliphatic hydroxyl groups excluding tert-OH is 2. The molecule has 1 heterocycles. The second kappa shape index (κ2) is 6.38. The minimum atomic E-state index is -0.632. The van der Waals surface area contributed by atoms with Gasteiger partial charge in [0.25, 0.3) is 0 Å². The van der Waals surface area contributed by atoms with E-state index in [1.54, 1.807) is 0 Å². The Morgan fingerprint density at radius 3 is 2.28 bits per heavy atom. The Labute approximate surface area is 112 Å². The van der Waals surface area contributed by atoms with Crippen LogP contribution in [-0.2, 0) is 0 Å². The molecule has 1 aromatic carbocycles. The maximum Gasteiger partial charge on any atom is 0.0897 e. The summed E-state index contributed by atoms with van der Waals surface area (Å²) >= 11 is 5.87. The van der Waals surface area contributed by atoms with Crippen LogP contribution in [0.5, 0.6) is 0 Å². The van der Waals surface area contributed by atoms with Gasteiger partial charge in [0.2, 0.25) is 0 Å². The molecule has 1 saturated heterocycles. The Balaban J connectivity index is 1.84. The van der Waals surface area contributed by atoms with Crippen molar-refractivity contribution in [3.8, 4) is 0 Å².